The normalized spacial score (nSPS) is 17.0. The van der Waals surface area contributed by atoms with Crippen molar-refractivity contribution < 1.29 is 4.52 Å². The zero-order valence-electron chi connectivity index (χ0n) is 14.8. The molecular formula is C17H31N5O. The fraction of sp³-hybridized carbons (Fsp3) is 0.765. The predicted octanol–water partition coefficient (Wildman–Crippen LogP) is 2.19. The molecule has 0 saturated carbocycles. The van der Waals surface area contributed by atoms with Crippen LogP contribution in [-0.2, 0) is 6.54 Å². The van der Waals surface area contributed by atoms with Crippen molar-refractivity contribution in [1.29, 1.82) is 0 Å². The van der Waals surface area contributed by atoms with Gasteiger partial charge in [0.1, 0.15) is 6.26 Å². The van der Waals surface area contributed by atoms with E-state index in [0.29, 0.717) is 5.92 Å². The van der Waals surface area contributed by atoms with Gasteiger partial charge in [0, 0.05) is 51.9 Å². The van der Waals surface area contributed by atoms with E-state index < -0.39 is 0 Å². The van der Waals surface area contributed by atoms with Crippen molar-refractivity contribution in [2.24, 2.45) is 10.9 Å². The summed E-state index contributed by atoms with van der Waals surface area (Å²) < 4.78 is 4.91. The lowest BCUT2D eigenvalue weighted by atomic mass is 10.0. The van der Waals surface area contributed by atoms with Crippen LogP contribution in [0.15, 0.2) is 21.8 Å². The Morgan fingerprint density at radius 3 is 2.57 bits per heavy atom. The van der Waals surface area contributed by atoms with E-state index in [4.69, 9.17) is 9.52 Å². The monoisotopic (exact) mass is 321 g/mol. The molecule has 2 rings (SSSR count). The van der Waals surface area contributed by atoms with Crippen molar-refractivity contribution >= 4 is 5.96 Å². The Balaban J connectivity index is 1.85. The van der Waals surface area contributed by atoms with E-state index in [2.05, 4.69) is 41.0 Å². The molecule has 0 radical (unpaired) electrons. The molecule has 1 saturated heterocycles. The standard InChI is InChI=1S/C17H31N5O/c1-4-15(5-2)13-19-17(18-6-3)22-10-8-21(9-11-22)14-16-7-12-23-20-16/h7,12,15H,4-6,8-11,13-14H2,1-3H3,(H,18,19). The second-order valence-corrected chi connectivity index (χ2v) is 6.13. The third kappa shape index (κ3) is 5.53. The van der Waals surface area contributed by atoms with Crippen LogP contribution in [-0.4, -0.2) is 60.2 Å². The molecule has 0 amide bonds. The summed E-state index contributed by atoms with van der Waals surface area (Å²) in [5, 5.41) is 7.44. The van der Waals surface area contributed by atoms with Crippen LogP contribution in [0.4, 0.5) is 0 Å². The largest absolute Gasteiger partial charge is 0.364 e. The van der Waals surface area contributed by atoms with Gasteiger partial charge in [0.05, 0.1) is 5.69 Å². The van der Waals surface area contributed by atoms with Crippen LogP contribution in [0.3, 0.4) is 0 Å². The fourth-order valence-corrected chi connectivity index (χ4v) is 2.85. The quantitative estimate of drug-likeness (QED) is 0.616. The van der Waals surface area contributed by atoms with Gasteiger partial charge in [-0.25, -0.2) is 0 Å². The molecule has 1 N–H and O–H groups in total. The van der Waals surface area contributed by atoms with Gasteiger partial charge in [-0.3, -0.25) is 9.89 Å². The third-order valence-electron chi connectivity index (χ3n) is 4.54. The van der Waals surface area contributed by atoms with Crippen molar-refractivity contribution in [2.45, 2.75) is 40.2 Å². The Hall–Kier alpha value is -1.56. The number of hydrogen-bond donors (Lipinski definition) is 1. The number of piperazine rings is 1. The summed E-state index contributed by atoms with van der Waals surface area (Å²) in [4.78, 5) is 9.66. The molecule has 2 heterocycles. The van der Waals surface area contributed by atoms with E-state index >= 15 is 0 Å². The Bertz CT molecular complexity index is 448. The van der Waals surface area contributed by atoms with Crippen molar-refractivity contribution in [2.75, 3.05) is 39.3 Å². The highest BCUT2D eigenvalue weighted by Gasteiger charge is 2.20. The van der Waals surface area contributed by atoms with Crippen molar-refractivity contribution in [3.63, 3.8) is 0 Å². The van der Waals surface area contributed by atoms with Crippen molar-refractivity contribution in [1.82, 2.24) is 20.3 Å². The van der Waals surface area contributed by atoms with E-state index in [9.17, 15) is 0 Å². The summed E-state index contributed by atoms with van der Waals surface area (Å²) in [6.45, 7) is 13.4. The topological polar surface area (TPSA) is 56.9 Å². The average molecular weight is 321 g/mol. The van der Waals surface area contributed by atoms with Gasteiger partial charge in [-0.1, -0.05) is 31.8 Å². The molecule has 1 aliphatic heterocycles. The summed E-state index contributed by atoms with van der Waals surface area (Å²) in [6, 6.07) is 1.94. The van der Waals surface area contributed by atoms with Crippen LogP contribution in [0, 0.1) is 5.92 Å². The van der Waals surface area contributed by atoms with Gasteiger partial charge in [-0.2, -0.15) is 0 Å². The van der Waals surface area contributed by atoms with Crippen LogP contribution in [0.2, 0.25) is 0 Å². The first kappa shape index (κ1) is 17.8. The van der Waals surface area contributed by atoms with Gasteiger partial charge in [-0.05, 0) is 12.8 Å². The van der Waals surface area contributed by atoms with Gasteiger partial charge in [0.15, 0.2) is 5.96 Å². The smallest absolute Gasteiger partial charge is 0.194 e. The summed E-state index contributed by atoms with van der Waals surface area (Å²) in [6.07, 6.45) is 4.04. The van der Waals surface area contributed by atoms with Gasteiger partial charge in [-0.15, -0.1) is 0 Å². The average Bonchev–Trinajstić information content (AvgIpc) is 3.08. The molecule has 0 aromatic carbocycles. The number of aromatic nitrogens is 1. The van der Waals surface area contributed by atoms with Crippen LogP contribution < -0.4 is 5.32 Å². The van der Waals surface area contributed by atoms with Crippen LogP contribution in [0.25, 0.3) is 0 Å². The van der Waals surface area contributed by atoms with E-state index in [1.165, 1.54) is 12.8 Å². The summed E-state index contributed by atoms with van der Waals surface area (Å²) in [7, 11) is 0. The third-order valence-corrected chi connectivity index (χ3v) is 4.54. The number of nitrogens with one attached hydrogen (secondary N) is 1. The first-order valence-electron chi connectivity index (χ1n) is 8.91. The SMILES string of the molecule is CCNC(=NCC(CC)CC)N1CCN(Cc2ccon2)CC1. The number of nitrogens with zero attached hydrogens (tertiary/aromatic N) is 4. The molecule has 130 valence electrons. The molecule has 1 aromatic rings. The van der Waals surface area contributed by atoms with Crippen molar-refractivity contribution in [3.8, 4) is 0 Å². The maximum Gasteiger partial charge on any atom is 0.194 e. The first-order chi connectivity index (χ1) is 11.3. The molecule has 0 atom stereocenters. The number of rotatable bonds is 7. The molecule has 6 heteroatoms. The van der Waals surface area contributed by atoms with Gasteiger partial charge in [0.25, 0.3) is 0 Å². The Labute approximate surface area is 139 Å². The lowest BCUT2D eigenvalue weighted by molar-refractivity contribution is 0.169. The highest BCUT2D eigenvalue weighted by Crippen LogP contribution is 2.10. The molecule has 0 aliphatic carbocycles. The van der Waals surface area contributed by atoms with Gasteiger partial charge in [0.2, 0.25) is 0 Å². The van der Waals surface area contributed by atoms with Gasteiger partial charge >= 0.3 is 0 Å². The maximum absolute atomic E-state index is 4.91. The summed E-state index contributed by atoms with van der Waals surface area (Å²) >= 11 is 0. The van der Waals surface area contributed by atoms with Crippen molar-refractivity contribution in [3.05, 3.63) is 18.0 Å². The predicted molar refractivity (Wildman–Crippen MR) is 93.4 cm³/mol. The summed E-state index contributed by atoms with van der Waals surface area (Å²) in [5.41, 5.74) is 1.01. The number of hydrogen-bond acceptors (Lipinski definition) is 4. The molecule has 6 nitrogen and oxygen atoms in total. The number of guanidine groups is 1. The molecule has 0 spiro atoms. The molecule has 1 aromatic heterocycles. The fourth-order valence-electron chi connectivity index (χ4n) is 2.85. The van der Waals surface area contributed by atoms with Crippen LogP contribution in [0.1, 0.15) is 39.3 Å². The second kappa shape index (κ2) is 9.55. The Morgan fingerprint density at radius 1 is 1.26 bits per heavy atom. The zero-order chi connectivity index (χ0) is 16.5. The Morgan fingerprint density at radius 2 is 2.00 bits per heavy atom. The van der Waals surface area contributed by atoms with Crippen LogP contribution in [0.5, 0.6) is 0 Å². The molecule has 1 fully saturated rings. The van der Waals surface area contributed by atoms with E-state index in [1.807, 2.05) is 6.07 Å². The highest BCUT2D eigenvalue weighted by molar-refractivity contribution is 5.80. The highest BCUT2D eigenvalue weighted by atomic mass is 16.5. The second-order valence-electron chi connectivity index (χ2n) is 6.13. The zero-order valence-corrected chi connectivity index (χ0v) is 14.8. The lowest BCUT2D eigenvalue weighted by Gasteiger charge is -2.36. The molecule has 0 bridgehead atoms. The maximum atomic E-state index is 4.91. The molecule has 0 unspecified atom stereocenters. The molecule has 1 aliphatic rings. The lowest BCUT2D eigenvalue weighted by Crippen LogP contribution is -2.52. The van der Waals surface area contributed by atoms with Gasteiger partial charge < -0.3 is 14.7 Å². The number of aliphatic imine (C=N–C) groups is 1. The first-order valence-corrected chi connectivity index (χ1v) is 8.91. The minimum atomic E-state index is 0.692. The van der Waals surface area contributed by atoms with Crippen LogP contribution >= 0.6 is 0 Å². The Kier molecular flexibility index (Phi) is 7.39. The minimum Gasteiger partial charge on any atom is -0.364 e. The van der Waals surface area contributed by atoms with E-state index in [0.717, 1.165) is 57.5 Å². The summed E-state index contributed by atoms with van der Waals surface area (Å²) in [5.74, 6) is 1.76. The van der Waals surface area contributed by atoms with E-state index in [1.54, 1.807) is 6.26 Å². The molecular weight excluding hydrogens is 290 g/mol. The molecule has 23 heavy (non-hydrogen) atoms. The minimum absolute atomic E-state index is 0.692. The van der Waals surface area contributed by atoms with E-state index in [-0.39, 0.29) is 0 Å².